The fourth-order valence-electron chi connectivity index (χ4n) is 2.37. The molecule has 0 spiro atoms. The summed E-state index contributed by atoms with van der Waals surface area (Å²) in [5, 5.41) is 3.36. The Balaban J connectivity index is 2.41. The summed E-state index contributed by atoms with van der Waals surface area (Å²) in [6, 6.07) is 4.71. The van der Waals surface area contributed by atoms with Gasteiger partial charge in [0.1, 0.15) is 0 Å². The molecule has 0 aliphatic carbocycles. The van der Waals surface area contributed by atoms with Crippen molar-refractivity contribution in [3.05, 3.63) is 40.5 Å². The van der Waals surface area contributed by atoms with Crippen molar-refractivity contribution in [3.8, 4) is 0 Å². The summed E-state index contributed by atoms with van der Waals surface area (Å²) in [5.41, 5.74) is 7.32. The highest BCUT2D eigenvalue weighted by Gasteiger charge is 2.09. The zero-order chi connectivity index (χ0) is 11.5. The van der Waals surface area contributed by atoms with Crippen LogP contribution in [0.5, 0.6) is 0 Å². The molecule has 0 saturated carbocycles. The summed E-state index contributed by atoms with van der Waals surface area (Å²) in [4.78, 5) is 0. The van der Waals surface area contributed by atoms with Crippen molar-refractivity contribution < 1.29 is 0 Å². The number of hydrogen-bond donors (Lipinski definition) is 1. The summed E-state index contributed by atoms with van der Waals surface area (Å²) < 4.78 is 0. The van der Waals surface area contributed by atoms with Crippen molar-refractivity contribution in [2.24, 2.45) is 0 Å². The smallest absolute Gasteiger partial charge is 0.0140 e. The normalized spacial score (nSPS) is 16.1. The molecule has 1 aliphatic heterocycles. The fourth-order valence-corrected chi connectivity index (χ4v) is 2.37. The lowest BCUT2D eigenvalue weighted by molar-refractivity contribution is 0.738. The second-order valence-electron chi connectivity index (χ2n) is 4.61. The Bertz CT molecular complexity index is 416. The van der Waals surface area contributed by atoms with E-state index in [9.17, 15) is 0 Å². The molecular formula is C15H21N. The van der Waals surface area contributed by atoms with E-state index >= 15 is 0 Å². The summed E-state index contributed by atoms with van der Waals surface area (Å²) in [5.74, 6) is 0. The average molecular weight is 215 g/mol. The van der Waals surface area contributed by atoms with Crippen molar-refractivity contribution in [1.82, 2.24) is 5.32 Å². The van der Waals surface area contributed by atoms with Crippen LogP contribution in [0.15, 0.2) is 18.2 Å². The van der Waals surface area contributed by atoms with Crippen molar-refractivity contribution in [2.75, 3.05) is 13.1 Å². The third kappa shape index (κ3) is 2.19. The first-order chi connectivity index (χ1) is 7.72. The van der Waals surface area contributed by atoms with Gasteiger partial charge in [-0.25, -0.2) is 0 Å². The molecule has 1 N–H and O–H groups in total. The van der Waals surface area contributed by atoms with E-state index in [0.717, 1.165) is 25.9 Å². The summed E-state index contributed by atoms with van der Waals surface area (Å²) >= 11 is 0. The Kier molecular flexibility index (Phi) is 3.45. The molecule has 1 aromatic rings. The topological polar surface area (TPSA) is 12.0 Å². The van der Waals surface area contributed by atoms with Crippen LogP contribution in [0.4, 0.5) is 0 Å². The van der Waals surface area contributed by atoms with Crippen molar-refractivity contribution in [2.45, 2.75) is 33.6 Å². The molecule has 0 saturated heterocycles. The van der Waals surface area contributed by atoms with Gasteiger partial charge in [-0.1, -0.05) is 25.1 Å². The standard InChI is InChI=1S/C15H21N/c1-4-13-10-15(9-11(2)12(13)3)14-5-7-16-8-6-14/h5,9-10,16H,4,6-8H2,1-3H3. The van der Waals surface area contributed by atoms with E-state index in [2.05, 4.69) is 44.3 Å². The number of hydrogen-bond acceptors (Lipinski definition) is 1. The summed E-state index contributed by atoms with van der Waals surface area (Å²) in [7, 11) is 0. The van der Waals surface area contributed by atoms with Crippen LogP contribution in [0.1, 0.15) is 35.6 Å². The average Bonchev–Trinajstić information content (AvgIpc) is 2.33. The van der Waals surface area contributed by atoms with Crippen LogP contribution in [-0.2, 0) is 6.42 Å². The predicted octanol–water partition coefficient (Wildman–Crippen LogP) is 3.24. The fraction of sp³-hybridized carbons (Fsp3) is 0.467. The van der Waals surface area contributed by atoms with E-state index in [1.54, 1.807) is 0 Å². The number of aryl methyl sites for hydroxylation is 2. The molecule has 1 heterocycles. The summed E-state index contributed by atoms with van der Waals surface area (Å²) in [6.45, 7) is 8.82. The van der Waals surface area contributed by atoms with Crippen LogP contribution >= 0.6 is 0 Å². The highest BCUT2D eigenvalue weighted by Crippen LogP contribution is 2.25. The third-order valence-electron chi connectivity index (χ3n) is 3.59. The minimum atomic E-state index is 1.02. The lowest BCUT2D eigenvalue weighted by Gasteiger charge is -2.17. The Morgan fingerprint density at radius 2 is 2.06 bits per heavy atom. The largest absolute Gasteiger partial charge is 0.313 e. The van der Waals surface area contributed by atoms with E-state index < -0.39 is 0 Å². The minimum absolute atomic E-state index is 1.02. The Morgan fingerprint density at radius 3 is 2.69 bits per heavy atom. The number of rotatable bonds is 2. The molecular weight excluding hydrogens is 194 g/mol. The number of nitrogens with one attached hydrogen (secondary N) is 1. The van der Waals surface area contributed by atoms with E-state index in [-0.39, 0.29) is 0 Å². The maximum absolute atomic E-state index is 3.36. The molecule has 0 unspecified atom stereocenters. The molecule has 86 valence electrons. The molecule has 0 atom stereocenters. The van der Waals surface area contributed by atoms with Gasteiger partial charge < -0.3 is 5.32 Å². The Morgan fingerprint density at radius 1 is 1.25 bits per heavy atom. The van der Waals surface area contributed by atoms with Gasteiger partial charge in [0.15, 0.2) is 0 Å². The van der Waals surface area contributed by atoms with Gasteiger partial charge in [0.2, 0.25) is 0 Å². The van der Waals surface area contributed by atoms with Crippen LogP contribution < -0.4 is 5.32 Å². The van der Waals surface area contributed by atoms with Gasteiger partial charge in [-0.2, -0.15) is 0 Å². The Hall–Kier alpha value is -1.08. The molecule has 0 amide bonds. The van der Waals surface area contributed by atoms with Gasteiger partial charge >= 0.3 is 0 Å². The Labute approximate surface area is 98.6 Å². The van der Waals surface area contributed by atoms with Gasteiger partial charge in [-0.15, -0.1) is 0 Å². The maximum atomic E-state index is 3.36. The molecule has 1 nitrogen and oxygen atoms in total. The van der Waals surface area contributed by atoms with Crippen LogP contribution in [-0.4, -0.2) is 13.1 Å². The maximum Gasteiger partial charge on any atom is 0.0140 e. The molecule has 1 aliphatic rings. The second kappa shape index (κ2) is 4.84. The number of benzene rings is 1. The first kappa shape index (κ1) is 11.4. The third-order valence-corrected chi connectivity index (χ3v) is 3.59. The van der Waals surface area contributed by atoms with Gasteiger partial charge in [0.05, 0.1) is 0 Å². The van der Waals surface area contributed by atoms with Gasteiger partial charge in [-0.3, -0.25) is 0 Å². The zero-order valence-electron chi connectivity index (χ0n) is 10.6. The van der Waals surface area contributed by atoms with Crippen LogP contribution in [0.2, 0.25) is 0 Å². The highest BCUT2D eigenvalue weighted by molar-refractivity contribution is 5.68. The lowest BCUT2D eigenvalue weighted by atomic mass is 9.92. The highest BCUT2D eigenvalue weighted by atomic mass is 14.8. The van der Waals surface area contributed by atoms with Crippen LogP contribution in [0, 0.1) is 13.8 Å². The zero-order valence-corrected chi connectivity index (χ0v) is 10.6. The van der Waals surface area contributed by atoms with Crippen molar-refractivity contribution in [1.29, 1.82) is 0 Å². The van der Waals surface area contributed by atoms with Crippen molar-refractivity contribution in [3.63, 3.8) is 0 Å². The SMILES string of the molecule is CCc1cc(C2=CCNCC2)cc(C)c1C. The first-order valence-electron chi connectivity index (χ1n) is 6.22. The molecule has 0 aromatic heterocycles. The van der Waals surface area contributed by atoms with Gasteiger partial charge in [0, 0.05) is 6.54 Å². The van der Waals surface area contributed by atoms with Crippen LogP contribution in [0.3, 0.4) is 0 Å². The molecule has 1 heteroatoms. The first-order valence-corrected chi connectivity index (χ1v) is 6.22. The van der Waals surface area contributed by atoms with E-state index in [1.165, 1.54) is 27.8 Å². The monoisotopic (exact) mass is 215 g/mol. The van der Waals surface area contributed by atoms with Crippen LogP contribution in [0.25, 0.3) is 5.57 Å². The predicted molar refractivity (Wildman–Crippen MR) is 70.8 cm³/mol. The second-order valence-corrected chi connectivity index (χ2v) is 4.61. The van der Waals surface area contributed by atoms with Gasteiger partial charge in [-0.05, 0) is 61.1 Å². The molecule has 16 heavy (non-hydrogen) atoms. The molecule has 2 rings (SSSR count). The molecule has 0 fully saturated rings. The van der Waals surface area contributed by atoms with Gasteiger partial charge in [0.25, 0.3) is 0 Å². The van der Waals surface area contributed by atoms with E-state index in [1.807, 2.05) is 0 Å². The molecule has 0 bridgehead atoms. The van der Waals surface area contributed by atoms with Crippen molar-refractivity contribution >= 4 is 5.57 Å². The molecule has 0 radical (unpaired) electrons. The minimum Gasteiger partial charge on any atom is -0.313 e. The molecule has 1 aromatic carbocycles. The van der Waals surface area contributed by atoms with E-state index in [0.29, 0.717) is 0 Å². The summed E-state index contributed by atoms with van der Waals surface area (Å²) in [6.07, 6.45) is 4.62. The quantitative estimate of drug-likeness (QED) is 0.798. The lowest BCUT2D eigenvalue weighted by Crippen LogP contribution is -2.20. The van der Waals surface area contributed by atoms with E-state index in [4.69, 9.17) is 0 Å².